The van der Waals surface area contributed by atoms with Gasteiger partial charge in [0.05, 0.1) is 11.6 Å². The molecule has 0 bridgehead atoms. The summed E-state index contributed by atoms with van der Waals surface area (Å²) in [7, 11) is 0. The molecule has 0 aliphatic rings. The van der Waals surface area contributed by atoms with Crippen molar-refractivity contribution in [1.82, 2.24) is 0 Å². The van der Waals surface area contributed by atoms with E-state index in [-0.39, 0.29) is 6.61 Å². The van der Waals surface area contributed by atoms with Crippen LogP contribution in [0.3, 0.4) is 0 Å². The Morgan fingerprint density at radius 3 is 2.00 bits per heavy atom. The minimum atomic E-state index is -0.478. The number of nitrogens with zero attached hydrogens (tertiary/aromatic N) is 1. The van der Waals surface area contributed by atoms with Gasteiger partial charge in [-0.25, -0.2) is 4.79 Å². The number of benzene rings is 4. The van der Waals surface area contributed by atoms with Gasteiger partial charge in [0.25, 0.3) is 0 Å². The maximum atomic E-state index is 12.3. The van der Waals surface area contributed by atoms with Crippen molar-refractivity contribution in [2.45, 2.75) is 0 Å². The van der Waals surface area contributed by atoms with E-state index in [0.717, 1.165) is 22.3 Å². The Hall–Kier alpha value is -4.36. The third-order valence-electron chi connectivity index (χ3n) is 4.75. The summed E-state index contributed by atoms with van der Waals surface area (Å²) in [5.41, 5.74) is 4.51. The lowest BCUT2D eigenvalue weighted by molar-refractivity contribution is -0.136. The van der Waals surface area contributed by atoms with Crippen LogP contribution in [0, 0.1) is 11.3 Å². The molecule has 0 aromatic heterocycles. The van der Waals surface area contributed by atoms with Crippen LogP contribution in [0.1, 0.15) is 5.56 Å². The summed E-state index contributed by atoms with van der Waals surface area (Å²) < 4.78 is 11.1. The van der Waals surface area contributed by atoms with E-state index in [1.165, 1.54) is 0 Å². The fourth-order valence-electron chi connectivity index (χ4n) is 3.20. The van der Waals surface area contributed by atoms with Crippen molar-refractivity contribution in [1.29, 1.82) is 5.26 Å². The zero-order valence-corrected chi connectivity index (χ0v) is 16.7. The Labute approximate surface area is 180 Å². The monoisotopic (exact) mass is 405 g/mol. The fourth-order valence-corrected chi connectivity index (χ4v) is 3.20. The molecule has 0 aliphatic carbocycles. The lowest BCUT2D eigenvalue weighted by Crippen LogP contribution is -2.17. The average molecular weight is 405 g/mol. The van der Waals surface area contributed by atoms with Crippen LogP contribution < -0.4 is 9.47 Å². The average Bonchev–Trinajstić information content (AvgIpc) is 2.84. The third kappa shape index (κ3) is 4.98. The molecule has 150 valence electrons. The van der Waals surface area contributed by atoms with Crippen molar-refractivity contribution in [2.24, 2.45) is 0 Å². The van der Waals surface area contributed by atoms with Crippen molar-refractivity contribution in [2.75, 3.05) is 6.61 Å². The maximum Gasteiger partial charge on any atom is 0.349 e. The smallest absolute Gasteiger partial charge is 0.349 e. The van der Waals surface area contributed by atoms with Gasteiger partial charge < -0.3 is 9.47 Å². The molecule has 4 heteroatoms. The van der Waals surface area contributed by atoms with Crippen LogP contribution in [0.4, 0.5) is 0 Å². The molecular formula is C27H19NO3. The molecule has 0 saturated heterocycles. The minimum absolute atomic E-state index is 0.193. The van der Waals surface area contributed by atoms with Gasteiger partial charge in [0.15, 0.2) is 6.61 Å². The molecule has 0 amide bonds. The second kappa shape index (κ2) is 9.43. The van der Waals surface area contributed by atoms with Gasteiger partial charge >= 0.3 is 5.97 Å². The highest BCUT2D eigenvalue weighted by Gasteiger charge is 2.10. The van der Waals surface area contributed by atoms with Gasteiger partial charge in [0, 0.05) is 5.56 Å². The van der Waals surface area contributed by atoms with Crippen LogP contribution in [-0.2, 0) is 4.79 Å². The van der Waals surface area contributed by atoms with Crippen molar-refractivity contribution < 1.29 is 14.3 Å². The Morgan fingerprint density at radius 1 is 0.710 bits per heavy atom. The first-order valence-corrected chi connectivity index (χ1v) is 9.81. The lowest BCUT2D eigenvalue weighted by Gasteiger charge is -2.11. The van der Waals surface area contributed by atoms with Crippen LogP contribution in [0.2, 0.25) is 0 Å². The van der Waals surface area contributed by atoms with E-state index in [9.17, 15) is 4.79 Å². The summed E-state index contributed by atoms with van der Waals surface area (Å²) in [5.74, 6) is 0.596. The third-order valence-corrected chi connectivity index (χ3v) is 4.75. The zero-order valence-electron chi connectivity index (χ0n) is 16.7. The molecular weight excluding hydrogens is 386 g/mol. The van der Waals surface area contributed by atoms with Gasteiger partial charge in [0.1, 0.15) is 11.5 Å². The van der Waals surface area contributed by atoms with Crippen LogP contribution in [0.25, 0.3) is 22.3 Å². The predicted octanol–water partition coefficient (Wildman–Crippen LogP) is 5.88. The van der Waals surface area contributed by atoms with Crippen LogP contribution >= 0.6 is 0 Å². The van der Waals surface area contributed by atoms with E-state index < -0.39 is 5.97 Å². The molecule has 4 rings (SSSR count). The van der Waals surface area contributed by atoms with Gasteiger partial charge in [-0.3, -0.25) is 0 Å². The Balaban J connectivity index is 1.38. The summed E-state index contributed by atoms with van der Waals surface area (Å²) >= 11 is 0. The number of carbonyl (C=O) groups excluding carboxylic acids is 1. The molecule has 4 nitrogen and oxygen atoms in total. The standard InChI is InChI=1S/C27H19NO3/c28-18-20-10-12-21(13-11-20)22-14-16-24(17-15-22)31-27(29)19-30-26-9-5-4-8-25(26)23-6-2-1-3-7-23/h1-17H,19H2. The molecule has 0 radical (unpaired) electrons. The Bertz CT molecular complexity index is 1210. The van der Waals surface area contributed by atoms with Gasteiger partial charge in [-0.1, -0.05) is 72.8 Å². The quantitative estimate of drug-likeness (QED) is 0.297. The molecule has 0 fully saturated rings. The van der Waals surface area contributed by atoms with E-state index in [0.29, 0.717) is 17.1 Å². The predicted molar refractivity (Wildman–Crippen MR) is 120 cm³/mol. The van der Waals surface area contributed by atoms with Crippen molar-refractivity contribution in [3.05, 3.63) is 109 Å². The first kappa shape index (κ1) is 19.9. The van der Waals surface area contributed by atoms with Crippen molar-refractivity contribution in [3.8, 4) is 39.8 Å². The molecule has 0 unspecified atom stereocenters. The highest BCUT2D eigenvalue weighted by Crippen LogP contribution is 2.29. The first-order valence-electron chi connectivity index (χ1n) is 9.81. The fraction of sp³-hybridized carbons (Fsp3) is 0.0370. The van der Waals surface area contributed by atoms with Gasteiger partial charge in [0.2, 0.25) is 0 Å². The second-order valence-electron chi connectivity index (χ2n) is 6.84. The number of esters is 1. The van der Waals surface area contributed by atoms with E-state index in [1.807, 2.05) is 78.9 Å². The van der Waals surface area contributed by atoms with Crippen LogP contribution in [-0.4, -0.2) is 12.6 Å². The van der Waals surface area contributed by atoms with E-state index >= 15 is 0 Å². The van der Waals surface area contributed by atoms with Gasteiger partial charge in [-0.2, -0.15) is 5.26 Å². The summed E-state index contributed by atoms with van der Waals surface area (Å²) in [6, 6.07) is 34.1. The van der Waals surface area contributed by atoms with Gasteiger partial charge in [-0.05, 0) is 47.0 Å². The van der Waals surface area contributed by atoms with E-state index in [2.05, 4.69) is 6.07 Å². The molecule has 0 N–H and O–H groups in total. The Morgan fingerprint density at radius 2 is 1.32 bits per heavy atom. The summed E-state index contributed by atoms with van der Waals surface area (Å²) in [6.07, 6.45) is 0. The van der Waals surface area contributed by atoms with Crippen molar-refractivity contribution >= 4 is 5.97 Å². The SMILES string of the molecule is N#Cc1ccc(-c2ccc(OC(=O)COc3ccccc3-c3ccccc3)cc2)cc1. The number of para-hydroxylation sites is 1. The lowest BCUT2D eigenvalue weighted by atomic mass is 10.0. The molecule has 0 heterocycles. The number of rotatable bonds is 6. The molecule has 4 aromatic rings. The molecule has 0 aliphatic heterocycles. The highest BCUT2D eigenvalue weighted by atomic mass is 16.6. The maximum absolute atomic E-state index is 12.3. The number of carbonyl (C=O) groups is 1. The molecule has 4 aromatic carbocycles. The topological polar surface area (TPSA) is 59.3 Å². The largest absolute Gasteiger partial charge is 0.481 e. The molecule has 0 saturated carbocycles. The summed E-state index contributed by atoms with van der Waals surface area (Å²) in [5, 5.41) is 8.90. The number of hydrogen-bond donors (Lipinski definition) is 0. The van der Waals surface area contributed by atoms with Crippen LogP contribution in [0.5, 0.6) is 11.5 Å². The first-order chi connectivity index (χ1) is 15.2. The number of nitriles is 1. The van der Waals surface area contributed by atoms with E-state index in [1.54, 1.807) is 24.3 Å². The highest BCUT2D eigenvalue weighted by molar-refractivity contribution is 5.76. The van der Waals surface area contributed by atoms with Crippen molar-refractivity contribution in [3.63, 3.8) is 0 Å². The molecule has 0 atom stereocenters. The van der Waals surface area contributed by atoms with E-state index in [4.69, 9.17) is 14.7 Å². The number of ether oxygens (including phenoxy) is 2. The van der Waals surface area contributed by atoms with Gasteiger partial charge in [-0.15, -0.1) is 0 Å². The summed E-state index contributed by atoms with van der Waals surface area (Å²) in [4.78, 5) is 12.3. The number of hydrogen-bond acceptors (Lipinski definition) is 4. The minimum Gasteiger partial charge on any atom is -0.481 e. The molecule has 31 heavy (non-hydrogen) atoms. The summed E-state index contributed by atoms with van der Waals surface area (Å²) in [6.45, 7) is -0.193. The normalized spacial score (nSPS) is 10.2. The second-order valence-corrected chi connectivity index (χ2v) is 6.84. The Kier molecular flexibility index (Phi) is 6.06. The zero-order chi connectivity index (χ0) is 21.5. The van der Waals surface area contributed by atoms with Crippen LogP contribution in [0.15, 0.2) is 103 Å². The molecule has 0 spiro atoms.